The highest BCUT2D eigenvalue weighted by molar-refractivity contribution is 6.14. The minimum atomic E-state index is -1.31. The number of carbonyl (C=O) groups is 2. The van der Waals surface area contributed by atoms with Gasteiger partial charge in [-0.25, -0.2) is 4.79 Å². The number of primary amides is 1. The Kier molecular flexibility index (Phi) is 3.66. The normalized spacial score (nSPS) is 10.7. The first-order chi connectivity index (χ1) is 5.09. The Labute approximate surface area is 64.0 Å². The molecular formula is C7H9NO3. The average molecular weight is 155 g/mol. The van der Waals surface area contributed by atoms with Crippen LogP contribution in [0.4, 0.5) is 0 Å². The number of rotatable bonds is 4. The Bertz CT molecular complexity index is 202. The summed E-state index contributed by atoms with van der Waals surface area (Å²) in [6.45, 7) is 3.36. The fraction of sp³-hybridized carbons (Fsp3) is 0.143. The maximum absolute atomic E-state index is 10.4. The van der Waals surface area contributed by atoms with Crippen molar-refractivity contribution in [3.8, 4) is 0 Å². The van der Waals surface area contributed by atoms with Gasteiger partial charge in [0, 0.05) is 0 Å². The SMILES string of the molecule is C=CC/C=C(/C(N)=O)C(=O)O. The number of nitrogens with two attached hydrogens (primary N) is 1. The van der Waals surface area contributed by atoms with E-state index in [9.17, 15) is 9.59 Å². The number of carbonyl (C=O) groups excluding carboxylic acids is 1. The van der Waals surface area contributed by atoms with Crippen LogP contribution in [0.5, 0.6) is 0 Å². The van der Waals surface area contributed by atoms with Gasteiger partial charge in [-0.15, -0.1) is 6.58 Å². The molecule has 0 saturated carbocycles. The van der Waals surface area contributed by atoms with Gasteiger partial charge < -0.3 is 10.8 Å². The monoisotopic (exact) mass is 155 g/mol. The Hall–Kier alpha value is -1.58. The molecule has 0 aliphatic carbocycles. The standard InChI is InChI=1S/C7H9NO3/c1-2-3-4-5(6(8)9)7(10)11/h2,4H,1,3H2,(H2,8,9)(H,10,11)/b5-4-. The molecule has 0 spiro atoms. The highest BCUT2D eigenvalue weighted by Crippen LogP contribution is 1.96. The van der Waals surface area contributed by atoms with Gasteiger partial charge in [0.15, 0.2) is 0 Å². The van der Waals surface area contributed by atoms with Gasteiger partial charge in [-0.3, -0.25) is 4.79 Å². The average Bonchev–Trinajstić information content (AvgIpc) is 1.87. The highest BCUT2D eigenvalue weighted by Gasteiger charge is 2.11. The predicted molar refractivity (Wildman–Crippen MR) is 39.7 cm³/mol. The summed E-state index contributed by atoms with van der Waals surface area (Å²) in [5.74, 6) is -2.24. The second-order valence-corrected chi connectivity index (χ2v) is 1.81. The smallest absolute Gasteiger partial charge is 0.340 e. The molecule has 0 aliphatic heterocycles. The fourth-order valence-electron chi connectivity index (χ4n) is 0.494. The molecule has 0 saturated heterocycles. The van der Waals surface area contributed by atoms with E-state index in [4.69, 9.17) is 10.8 Å². The molecule has 0 aromatic heterocycles. The Morgan fingerprint density at radius 3 is 2.36 bits per heavy atom. The van der Waals surface area contributed by atoms with E-state index in [1.807, 2.05) is 0 Å². The second kappa shape index (κ2) is 4.27. The van der Waals surface area contributed by atoms with E-state index in [2.05, 4.69) is 6.58 Å². The fourth-order valence-corrected chi connectivity index (χ4v) is 0.494. The number of aliphatic carboxylic acids is 1. The van der Waals surface area contributed by atoms with Crippen molar-refractivity contribution in [1.29, 1.82) is 0 Å². The Morgan fingerprint density at radius 2 is 2.09 bits per heavy atom. The van der Waals surface area contributed by atoms with E-state index in [1.165, 1.54) is 12.2 Å². The minimum absolute atomic E-state index is 0.324. The Morgan fingerprint density at radius 1 is 1.55 bits per heavy atom. The molecule has 0 rings (SSSR count). The van der Waals surface area contributed by atoms with Gasteiger partial charge in [-0.1, -0.05) is 12.2 Å². The van der Waals surface area contributed by atoms with Gasteiger partial charge in [0.2, 0.25) is 0 Å². The van der Waals surface area contributed by atoms with Crippen molar-refractivity contribution in [1.82, 2.24) is 0 Å². The third-order valence-electron chi connectivity index (χ3n) is 0.985. The first-order valence-corrected chi connectivity index (χ1v) is 2.93. The number of amides is 1. The maximum atomic E-state index is 10.4. The lowest BCUT2D eigenvalue weighted by Crippen LogP contribution is -2.20. The van der Waals surface area contributed by atoms with E-state index >= 15 is 0 Å². The molecule has 3 N–H and O–H groups in total. The molecule has 0 unspecified atom stereocenters. The highest BCUT2D eigenvalue weighted by atomic mass is 16.4. The second-order valence-electron chi connectivity index (χ2n) is 1.81. The third-order valence-corrected chi connectivity index (χ3v) is 0.985. The zero-order chi connectivity index (χ0) is 8.85. The van der Waals surface area contributed by atoms with Crippen LogP contribution in [-0.4, -0.2) is 17.0 Å². The number of carboxylic acids is 1. The summed E-state index contributed by atoms with van der Waals surface area (Å²) in [6.07, 6.45) is 3.02. The summed E-state index contributed by atoms with van der Waals surface area (Å²) in [5, 5.41) is 8.37. The van der Waals surface area contributed by atoms with Gasteiger partial charge in [-0.2, -0.15) is 0 Å². The molecule has 4 heteroatoms. The lowest BCUT2D eigenvalue weighted by atomic mass is 10.2. The van der Waals surface area contributed by atoms with Gasteiger partial charge in [0.1, 0.15) is 5.57 Å². The molecule has 60 valence electrons. The number of hydrogen-bond donors (Lipinski definition) is 2. The van der Waals surface area contributed by atoms with Crippen molar-refractivity contribution < 1.29 is 14.7 Å². The van der Waals surface area contributed by atoms with Crippen LogP contribution in [0.25, 0.3) is 0 Å². The van der Waals surface area contributed by atoms with Crippen molar-refractivity contribution in [2.75, 3.05) is 0 Å². The van der Waals surface area contributed by atoms with Crippen molar-refractivity contribution >= 4 is 11.9 Å². The van der Waals surface area contributed by atoms with Crippen LogP contribution in [0.3, 0.4) is 0 Å². The van der Waals surface area contributed by atoms with Crippen LogP contribution in [0.1, 0.15) is 6.42 Å². The number of hydrogen-bond acceptors (Lipinski definition) is 2. The zero-order valence-corrected chi connectivity index (χ0v) is 5.91. The first-order valence-electron chi connectivity index (χ1n) is 2.93. The minimum Gasteiger partial charge on any atom is -0.478 e. The molecule has 0 aromatic rings. The molecule has 11 heavy (non-hydrogen) atoms. The summed E-state index contributed by atoms with van der Waals surface area (Å²) >= 11 is 0. The van der Waals surface area contributed by atoms with Gasteiger partial charge >= 0.3 is 5.97 Å². The molecule has 0 bridgehead atoms. The molecule has 0 heterocycles. The van der Waals surface area contributed by atoms with E-state index in [0.717, 1.165) is 0 Å². The van der Waals surface area contributed by atoms with Crippen molar-refractivity contribution in [2.45, 2.75) is 6.42 Å². The van der Waals surface area contributed by atoms with E-state index in [0.29, 0.717) is 6.42 Å². The predicted octanol–water partition coefficient (Wildman–Crippen LogP) is 0.0588. The molecule has 0 radical (unpaired) electrons. The molecule has 4 nitrogen and oxygen atoms in total. The molecule has 0 fully saturated rings. The lowest BCUT2D eigenvalue weighted by molar-refractivity contribution is -0.134. The van der Waals surface area contributed by atoms with E-state index in [1.54, 1.807) is 0 Å². The summed E-state index contributed by atoms with van der Waals surface area (Å²) < 4.78 is 0. The van der Waals surface area contributed by atoms with Crippen molar-refractivity contribution in [3.05, 3.63) is 24.3 Å². The van der Waals surface area contributed by atoms with Crippen molar-refractivity contribution in [2.24, 2.45) is 5.73 Å². The molecule has 0 aliphatic rings. The van der Waals surface area contributed by atoms with Crippen LogP contribution in [0.15, 0.2) is 24.3 Å². The zero-order valence-electron chi connectivity index (χ0n) is 5.91. The number of allylic oxidation sites excluding steroid dienone is 2. The lowest BCUT2D eigenvalue weighted by Gasteiger charge is -1.93. The van der Waals surface area contributed by atoms with Crippen molar-refractivity contribution in [3.63, 3.8) is 0 Å². The summed E-state index contributed by atoms with van der Waals surface area (Å²) in [6, 6.07) is 0. The van der Waals surface area contributed by atoms with Gasteiger partial charge in [-0.05, 0) is 6.42 Å². The van der Waals surface area contributed by atoms with Gasteiger partial charge in [0.05, 0.1) is 0 Å². The van der Waals surface area contributed by atoms with E-state index < -0.39 is 17.4 Å². The first kappa shape index (κ1) is 9.42. The van der Waals surface area contributed by atoms with Crippen LogP contribution in [0.2, 0.25) is 0 Å². The summed E-state index contributed by atoms with van der Waals surface area (Å²) in [7, 11) is 0. The summed E-state index contributed by atoms with van der Waals surface area (Å²) in [4.78, 5) is 20.6. The number of carboxylic acid groups (broad SMARTS) is 1. The molecule has 0 atom stereocenters. The van der Waals surface area contributed by atoms with Crippen LogP contribution >= 0.6 is 0 Å². The topological polar surface area (TPSA) is 80.4 Å². The quantitative estimate of drug-likeness (QED) is 0.260. The van der Waals surface area contributed by atoms with Crippen LogP contribution in [0, 0.1) is 0 Å². The largest absolute Gasteiger partial charge is 0.478 e. The van der Waals surface area contributed by atoms with Crippen LogP contribution < -0.4 is 5.73 Å². The van der Waals surface area contributed by atoms with Gasteiger partial charge in [0.25, 0.3) is 5.91 Å². The molecular weight excluding hydrogens is 146 g/mol. The third kappa shape index (κ3) is 3.20. The molecule has 0 aromatic carbocycles. The summed E-state index contributed by atoms with van der Waals surface area (Å²) in [5.41, 5.74) is 4.36. The maximum Gasteiger partial charge on any atom is 0.340 e. The van der Waals surface area contributed by atoms with Crippen LogP contribution in [-0.2, 0) is 9.59 Å². The molecule has 1 amide bonds. The Balaban J connectivity index is 4.45. The van der Waals surface area contributed by atoms with E-state index in [-0.39, 0.29) is 0 Å².